The van der Waals surface area contributed by atoms with Gasteiger partial charge in [0.15, 0.2) is 0 Å². The Morgan fingerprint density at radius 3 is 2.00 bits per heavy atom. The highest BCUT2D eigenvalue weighted by molar-refractivity contribution is 7.91. The summed E-state index contributed by atoms with van der Waals surface area (Å²) in [5, 5.41) is 2.77. The summed E-state index contributed by atoms with van der Waals surface area (Å²) < 4.78 is 30.0. The van der Waals surface area contributed by atoms with Crippen LogP contribution in [0.2, 0.25) is 0 Å². The maximum atomic E-state index is 13.4. The van der Waals surface area contributed by atoms with Crippen LogP contribution in [0.25, 0.3) is 11.0 Å². The maximum absolute atomic E-state index is 13.4. The Bertz CT molecular complexity index is 1260. The first-order chi connectivity index (χ1) is 14.0. The van der Waals surface area contributed by atoms with Gasteiger partial charge in [-0.15, -0.1) is 0 Å². The molecule has 2 aromatic carbocycles. The van der Waals surface area contributed by atoms with Crippen molar-refractivity contribution in [3.8, 4) is 0 Å². The molecule has 3 aromatic rings. The number of rotatable bonds is 5. The zero-order valence-corrected chi connectivity index (χ0v) is 18.7. The smallest absolute Gasteiger partial charge is 0.324 e. The molecule has 0 spiro atoms. The first kappa shape index (κ1) is 21.8. The van der Waals surface area contributed by atoms with Gasteiger partial charge in [0, 0.05) is 18.5 Å². The molecule has 0 fully saturated rings. The molecule has 3 rings (SSSR count). The molecule has 0 aliphatic heterocycles. The Labute approximate surface area is 176 Å². The Morgan fingerprint density at radius 1 is 0.967 bits per heavy atom. The second-order valence-electron chi connectivity index (χ2n) is 8.13. The molecule has 0 atom stereocenters. The number of benzene rings is 2. The summed E-state index contributed by atoms with van der Waals surface area (Å²) in [6.07, 6.45) is 0. The van der Waals surface area contributed by atoms with E-state index in [-0.39, 0.29) is 27.1 Å². The van der Waals surface area contributed by atoms with Crippen LogP contribution in [0, 0.1) is 5.41 Å². The predicted molar refractivity (Wildman–Crippen MR) is 118 cm³/mol. The molecule has 30 heavy (non-hydrogen) atoms. The quantitative estimate of drug-likeness (QED) is 0.670. The van der Waals surface area contributed by atoms with Crippen LogP contribution in [-0.4, -0.2) is 23.5 Å². The third kappa shape index (κ3) is 3.67. The van der Waals surface area contributed by atoms with E-state index in [1.807, 2.05) is 13.8 Å². The lowest BCUT2D eigenvalue weighted by Crippen LogP contribution is -2.28. The third-order valence-electron chi connectivity index (χ3n) is 5.03. The molecular weight excluding hydrogens is 402 g/mol. The molecule has 0 saturated heterocycles. The highest BCUT2D eigenvalue weighted by Crippen LogP contribution is 2.33. The molecule has 1 heterocycles. The van der Waals surface area contributed by atoms with Crippen molar-refractivity contribution in [1.29, 1.82) is 0 Å². The van der Waals surface area contributed by atoms with Crippen LogP contribution in [0.4, 0.5) is 5.69 Å². The number of anilines is 1. The molecule has 0 unspecified atom stereocenters. The van der Waals surface area contributed by atoms with Gasteiger partial charge in [-0.1, -0.05) is 39.0 Å². The van der Waals surface area contributed by atoms with Crippen molar-refractivity contribution in [2.45, 2.75) is 57.5 Å². The number of nitrogens with one attached hydrogen (secondary N) is 1. The number of carbonyl (C=O) groups is 1. The van der Waals surface area contributed by atoms with E-state index >= 15 is 0 Å². The van der Waals surface area contributed by atoms with E-state index in [1.165, 1.54) is 22.8 Å². The highest BCUT2D eigenvalue weighted by atomic mass is 32.2. The molecule has 1 amide bonds. The van der Waals surface area contributed by atoms with Crippen LogP contribution < -0.4 is 11.0 Å². The van der Waals surface area contributed by atoms with Crippen LogP contribution in [-0.2, 0) is 27.7 Å². The van der Waals surface area contributed by atoms with Crippen LogP contribution in [0.15, 0.2) is 57.1 Å². The van der Waals surface area contributed by atoms with Gasteiger partial charge in [-0.2, -0.15) is 0 Å². The van der Waals surface area contributed by atoms with Crippen LogP contribution in [0.3, 0.4) is 0 Å². The van der Waals surface area contributed by atoms with E-state index in [2.05, 4.69) is 5.32 Å². The number of fused-ring (bicyclic) bond motifs is 1. The van der Waals surface area contributed by atoms with E-state index in [0.717, 1.165) is 0 Å². The van der Waals surface area contributed by atoms with Crippen molar-refractivity contribution >= 4 is 32.5 Å². The number of carbonyl (C=O) groups excluding carboxylic acids is 1. The number of hydrogen-bond acceptors (Lipinski definition) is 4. The average Bonchev–Trinajstić information content (AvgIpc) is 2.96. The molecule has 0 aliphatic carbocycles. The van der Waals surface area contributed by atoms with Gasteiger partial charge in [-0.25, -0.2) is 13.2 Å². The second-order valence-corrected chi connectivity index (χ2v) is 10.0. The summed E-state index contributed by atoms with van der Waals surface area (Å²) in [5.41, 5.74) is 0.343. The number of hydrogen-bond donors (Lipinski definition) is 1. The Kier molecular flexibility index (Phi) is 5.64. The molecule has 160 valence electrons. The van der Waals surface area contributed by atoms with E-state index < -0.39 is 15.3 Å². The summed E-state index contributed by atoms with van der Waals surface area (Å²) >= 11 is 0. The molecule has 8 heteroatoms. The van der Waals surface area contributed by atoms with Crippen molar-refractivity contribution in [2.24, 2.45) is 5.41 Å². The molecule has 0 saturated carbocycles. The average molecular weight is 430 g/mol. The number of amides is 1. The number of imidazole rings is 1. The minimum absolute atomic E-state index is 0.0331. The van der Waals surface area contributed by atoms with Crippen LogP contribution >= 0.6 is 0 Å². The number of nitrogens with zero attached hydrogens (tertiary/aromatic N) is 2. The fraction of sp³-hybridized carbons (Fsp3) is 0.364. The first-order valence-electron chi connectivity index (χ1n) is 9.91. The van der Waals surface area contributed by atoms with Crippen molar-refractivity contribution in [3.63, 3.8) is 0 Å². The van der Waals surface area contributed by atoms with E-state index in [4.69, 9.17) is 0 Å². The lowest BCUT2D eigenvalue weighted by Gasteiger charge is -2.20. The third-order valence-corrected chi connectivity index (χ3v) is 6.83. The molecule has 1 N–H and O–H groups in total. The molecule has 0 bridgehead atoms. The molecule has 0 aliphatic rings. The standard InChI is InChI=1S/C22H27N3O4S/c1-6-24-17-13-16(23-20(26)22(3,4)5)19(14-18(17)25(7-2)21(24)27)30(28,29)15-11-9-8-10-12-15/h8-14H,6-7H2,1-5H3,(H,23,26). The Morgan fingerprint density at radius 2 is 1.50 bits per heavy atom. The normalized spacial score (nSPS) is 12.3. The zero-order valence-electron chi connectivity index (χ0n) is 17.9. The van der Waals surface area contributed by atoms with E-state index in [0.29, 0.717) is 24.1 Å². The van der Waals surface area contributed by atoms with Gasteiger partial charge in [0.2, 0.25) is 15.7 Å². The van der Waals surface area contributed by atoms with E-state index in [1.54, 1.807) is 49.6 Å². The Hall–Kier alpha value is -2.87. The maximum Gasteiger partial charge on any atom is 0.329 e. The van der Waals surface area contributed by atoms with Gasteiger partial charge < -0.3 is 5.32 Å². The first-order valence-corrected chi connectivity index (χ1v) is 11.4. The largest absolute Gasteiger partial charge is 0.329 e. The van der Waals surface area contributed by atoms with Gasteiger partial charge in [-0.05, 0) is 38.1 Å². The van der Waals surface area contributed by atoms with Gasteiger partial charge in [0.1, 0.15) is 0 Å². The highest BCUT2D eigenvalue weighted by Gasteiger charge is 2.28. The SMILES string of the molecule is CCn1c(=O)n(CC)c2cc(S(=O)(=O)c3ccccc3)c(NC(=O)C(C)(C)C)cc21. The fourth-order valence-electron chi connectivity index (χ4n) is 3.31. The van der Waals surface area contributed by atoms with Gasteiger partial charge in [0.25, 0.3) is 0 Å². The predicted octanol–water partition coefficient (Wildman–Crippen LogP) is 3.66. The number of aromatic nitrogens is 2. The summed E-state index contributed by atoms with van der Waals surface area (Å²) in [5.74, 6) is -0.313. The van der Waals surface area contributed by atoms with Gasteiger partial charge >= 0.3 is 5.69 Å². The summed E-state index contributed by atoms with van der Waals surface area (Å²) in [7, 11) is -3.93. The molecule has 7 nitrogen and oxygen atoms in total. The van der Waals surface area contributed by atoms with Gasteiger partial charge in [-0.3, -0.25) is 13.9 Å². The summed E-state index contributed by atoms with van der Waals surface area (Å²) in [6, 6.07) is 11.1. The van der Waals surface area contributed by atoms with Crippen LogP contribution in [0.1, 0.15) is 34.6 Å². The minimum Gasteiger partial charge on any atom is -0.324 e. The molecule has 1 aromatic heterocycles. The second kappa shape index (κ2) is 7.75. The lowest BCUT2D eigenvalue weighted by molar-refractivity contribution is -0.123. The topological polar surface area (TPSA) is 90.2 Å². The molecular formula is C22H27N3O4S. The van der Waals surface area contributed by atoms with Crippen molar-refractivity contribution < 1.29 is 13.2 Å². The minimum atomic E-state index is -3.93. The van der Waals surface area contributed by atoms with Crippen molar-refractivity contribution in [2.75, 3.05) is 5.32 Å². The van der Waals surface area contributed by atoms with Gasteiger partial charge in [0.05, 0.1) is 26.5 Å². The number of aryl methyl sites for hydroxylation is 2. The summed E-state index contributed by atoms with van der Waals surface area (Å²) in [6.45, 7) is 9.77. The van der Waals surface area contributed by atoms with E-state index in [9.17, 15) is 18.0 Å². The molecule has 0 radical (unpaired) electrons. The number of sulfone groups is 1. The Balaban J connectivity index is 2.37. The lowest BCUT2D eigenvalue weighted by atomic mass is 9.95. The van der Waals surface area contributed by atoms with Crippen molar-refractivity contribution in [3.05, 3.63) is 52.9 Å². The van der Waals surface area contributed by atoms with Crippen LogP contribution in [0.5, 0.6) is 0 Å². The summed E-state index contributed by atoms with van der Waals surface area (Å²) in [4.78, 5) is 25.5. The monoisotopic (exact) mass is 429 g/mol. The fourth-order valence-corrected chi connectivity index (χ4v) is 4.75. The zero-order chi connectivity index (χ0) is 22.3. The van der Waals surface area contributed by atoms with Crippen molar-refractivity contribution in [1.82, 2.24) is 9.13 Å².